The molecule has 0 aliphatic carbocycles. The monoisotopic (exact) mass is 303 g/mol. The van der Waals surface area contributed by atoms with Crippen molar-refractivity contribution in [1.82, 2.24) is 0 Å². The van der Waals surface area contributed by atoms with Crippen LogP contribution in [0.2, 0.25) is 10.0 Å². The molecule has 0 spiro atoms. The summed E-state index contributed by atoms with van der Waals surface area (Å²) in [5.41, 5.74) is 1.79. The highest BCUT2D eigenvalue weighted by atomic mass is 35.5. The standard InChI is InChI=1S/C16H11Cl2NO/c1-10-3-2-4-13(15(10)18)16(20)14(9-19)11-5-7-12(17)8-6-11/h2-8,14H,1H3. The number of benzene rings is 2. The summed E-state index contributed by atoms with van der Waals surface area (Å²) >= 11 is 12.0. The van der Waals surface area contributed by atoms with Crippen LogP contribution < -0.4 is 0 Å². The molecule has 2 aromatic rings. The number of carbonyl (C=O) groups excluding carboxylic acids is 1. The van der Waals surface area contributed by atoms with Gasteiger partial charge in [0.2, 0.25) is 0 Å². The molecule has 0 saturated carbocycles. The summed E-state index contributed by atoms with van der Waals surface area (Å²) in [5.74, 6) is -1.19. The molecule has 0 radical (unpaired) electrons. The van der Waals surface area contributed by atoms with Crippen LogP contribution in [0.3, 0.4) is 0 Å². The molecule has 0 heterocycles. The van der Waals surface area contributed by atoms with Crippen molar-refractivity contribution in [2.24, 2.45) is 0 Å². The van der Waals surface area contributed by atoms with Gasteiger partial charge in [0.25, 0.3) is 0 Å². The Hall–Kier alpha value is -1.82. The first-order valence-electron chi connectivity index (χ1n) is 5.99. The van der Waals surface area contributed by atoms with Crippen LogP contribution in [0.4, 0.5) is 0 Å². The zero-order valence-electron chi connectivity index (χ0n) is 10.7. The van der Waals surface area contributed by atoms with Gasteiger partial charge < -0.3 is 0 Å². The van der Waals surface area contributed by atoms with E-state index in [1.54, 1.807) is 36.4 Å². The number of rotatable bonds is 3. The van der Waals surface area contributed by atoms with Crippen molar-refractivity contribution in [2.45, 2.75) is 12.8 Å². The predicted octanol–water partition coefficient (Wildman–Crippen LogP) is 4.79. The van der Waals surface area contributed by atoms with Gasteiger partial charge in [0.1, 0.15) is 5.92 Å². The van der Waals surface area contributed by atoms with Crippen LogP contribution in [0.1, 0.15) is 27.4 Å². The fourth-order valence-electron chi connectivity index (χ4n) is 1.93. The van der Waals surface area contributed by atoms with E-state index in [1.807, 2.05) is 19.1 Å². The minimum atomic E-state index is -0.883. The summed E-state index contributed by atoms with van der Waals surface area (Å²) in [6.45, 7) is 1.82. The second kappa shape index (κ2) is 6.09. The number of nitriles is 1. The molecule has 100 valence electrons. The van der Waals surface area contributed by atoms with Gasteiger partial charge >= 0.3 is 0 Å². The smallest absolute Gasteiger partial charge is 0.185 e. The molecule has 0 aliphatic rings. The Morgan fingerprint density at radius 1 is 1.15 bits per heavy atom. The number of nitrogens with zero attached hydrogens (tertiary/aromatic N) is 1. The van der Waals surface area contributed by atoms with Crippen molar-refractivity contribution < 1.29 is 4.79 Å². The van der Waals surface area contributed by atoms with E-state index in [0.717, 1.165) is 5.56 Å². The molecule has 2 nitrogen and oxygen atoms in total. The van der Waals surface area contributed by atoms with Gasteiger partial charge in [0, 0.05) is 10.6 Å². The topological polar surface area (TPSA) is 40.9 Å². The first-order valence-corrected chi connectivity index (χ1v) is 6.74. The van der Waals surface area contributed by atoms with Crippen LogP contribution in [0.5, 0.6) is 0 Å². The summed E-state index contributed by atoms with van der Waals surface area (Å²) in [6, 6.07) is 13.9. The summed E-state index contributed by atoms with van der Waals surface area (Å²) in [6.07, 6.45) is 0. The van der Waals surface area contributed by atoms with E-state index in [0.29, 0.717) is 21.2 Å². The van der Waals surface area contributed by atoms with Gasteiger partial charge in [-0.2, -0.15) is 5.26 Å². The largest absolute Gasteiger partial charge is 0.292 e. The molecule has 4 heteroatoms. The maximum Gasteiger partial charge on any atom is 0.185 e. The first-order chi connectivity index (χ1) is 9.54. The van der Waals surface area contributed by atoms with Crippen molar-refractivity contribution in [3.8, 4) is 6.07 Å². The lowest BCUT2D eigenvalue weighted by Gasteiger charge is -2.11. The highest BCUT2D eigenvalue weighted by Crippen LogP contribution is 2.27. The number of hydrogen-bond acceptors (Lipinski definition) is 2. The third-order valence-electron chi connectivity index (χ3n) is 3.05. The van der Waals surface area contributed by atoms with E-state index >= 15 is 0 Å². The fraction of sp³-hybridized carbons (Fsp3) is 0.125. The van der Waals surface area contributed by atoms with Crippen LogP contribution >= 0.6 is 23.2 Å². The highest BCUT2D eigenvalue weighted by Gasteiger charge is 2.24. The molecule has 0 fully saturated rings. The van der Waals surface area contributed by atoms with Crippen LogP contribution in [0.15, 0.2) is 42.5 Å². The Morgan fingerprint density at radius 3 is 2.40 bits per heavy atom. The molecule has 0 aromatic heterocycles. The van der Waals surface area contributed by atoms with E-state index < -0.39 is 5.92 Å². The minimum Gasteiger partial charge on any atom is -0.292 e. The maximum absolute atomic E-state index is 12.5. The molecule has 0 N–H and O–H groups in total. The summed E-state index contributed by atoms with van der Waals surface area (Å²) in [4.78, 5) is 12.5. The molecule has 2 rings (SSSR count). The van der Waals surface area contributed by atoms with Gasteiger partial charge in [-0.1, -0.05) is 47.5 Å². The predicted molar refractivity (Wildman–Crippen MR) is 80.3 cm³/mol. The van der Waals surface area contributed by atoms with Gasteiger partial charge in [-0.05, 0) is 36.2 Å². The van der Waals surface area contributed by atoms with Crippen molar-refractivity contribution >= 4 is 29.0 Å². The summed E-state index contributed by atoms with van der Waals surface area (Å²) in [5, 5.41) is 10.3. The molecule has 1 unspecified atom stereocenters. The molecule has 20 heavy (non-hydrogen) atoms. The molecule has 0 aliphatic heterocycles. The van der Waals surface area contributed by atoms with E-state index in [-0.39, 0.29) is 5.78 Å². The molecule has 0 bridgehead atoms. The van der Waals surface area contributed by atoms with Crippen molar-refractivity contribution in [2.75, 3.05) is 0 Å². The average molecular weight is 304 g/mol. The van der Waals surface area contributed by atoms with Gasteiger partial charge in [0.15, 0.2) is 5.78 Å². The maximum atomic E-state index is 12.5. The molecular weight excluding hydrogens is 293 g/mol. The summed E-state index contributed by atoms with van der Waals surface area (Å²) in [7, 11) is 0. The Bertz CT molecular complexity index is 687. The lowest BCUT2D eigenvalue weighted by atomic mass is 9.91. The van der Waals surface area contributed by atoms with Crippen molar-refractivity contribution in [1.29, 1.82) is 5.26 Å². The van der Waals surface area contributed by atoms with Gasteiger partial charge in [-0.25, -0.2) is 0 Å². The van der Waals surface area contributed by atoms with Crippen LogP contribution in [0, 0.1) is 18.3 Å². The van der Waals surface area contributed by atoms with E-state index in [2.05, 4.69) is 0 Å². The van der Waals surface area contributed by atoms with Crippen molar-refractivity contribution in [3.63, 3.8) is 0 Å². The number of aryl methyl sites for hydroxylation is 1. The molecule has 2 aromatic carbocycles. The molecule has 0 saturated heterocycles. The molecular formula is C16H11Cl2NO. The third-order valence-corrected chi connectivity index (χ3v) is 3.81. The second-order valence-corrected chi connectivity index (χ2v) is 5.23. The molecule has 0 amide bonds. The van der Waals surface area contributed by atoms with E-state index in [9.17, 15) is 10.1 Å². The highest BCUT2D eigenvalue weighted by molar-refractivity contribution is 6.35. The summed E-state index contributed by atoms with van der Waals surface area (Å²) < 4.78 is 0. The molecule has 1 atom stereocenters. The Balaban J connectivity index is 2.42. The number of carbonyl (C=O) groups is 1. The third kappa shape index (κ3) is 2.85. The average Bonchev–Trinajstić information content (AvgIpc) is 2.44. The number of halogens is 2. The van der Waals surface area contributed by atoms with E-state index in [1.165, 1.54) is 0 Å². The lowest BCUT2D eigenvalue weighted by Crippen LogP contribution is -2.12. The Kier molecular flexibility index (Phi) is 4.44. The fourth-order valence-corrected chi connectivity index (χ4v) is 2.28. The number of hydrogen-bond donors (Lipinski definition) is 0. The van der Waals surface area contributed by atoms with E-state index in [4.69, 9.17) is 23.2 Å². The quantitative estimate of drug-likeness (QED) is 0.765. The second-order valence-electron chi connectivity index (χ2n) is 4.41. The van der Waals surface area contributed by atoms with Gasteiger partial charge in [0.05, 0.1) is 11.1 Å². The lowest BCUT2D eigenvalue weighted by molar-refractivity contribution is 0.0979. The number of Topliss-reactive ketones (excluding diaryl/α,β-unsaturated/α-hetero) is 1. The van der Waals surface area contributed by atoms with Gasteiger partial charge in [-0.15, -0.1) is 0 Å². The SMILES string of the molecule is Cc1cccc(C(=O)C(C#N)c2ccc(Cl)cc2)c1Cl. The minimum absolute atomic E-state index is 0.302. The Morgan fingerprint density at radius 2 is 1.80 bits per heavy atom. The normalized spacial score (nSPS) is 11.7. The van der Waals surface area contributed by atoms with Crippen LogP contribution in [-0.4, -0.2) is 5.78 Å². The van der Waals surface area contributed by atoms with Crippen LogP contribution in [0.25, 0.3) is 0 Å². The van der Waals surface area contributed by atoms with Crippen molar-refractivity contribution in [3.05, 3.63) is 69.2 Å². The van der Waals surface area contributed by atoms with Gasteiger partial charge in [-0.3, -0.25) is 4.79 Å². The number of ketones is 1. The first kappa shape index (κ1) is 14.6. The van der Waals surface area contributed by atoms with Crippen LogP contribution in [-0.2, 0) is 0 Å². The zero-order chi connectivity index (χ0) is 14.7. The Labute approximate surface area is 127 Å². The zero-order valence-corrected chi connectivity index (χ0v) is 12.2.